The van der Waals surface area contributed by atoms with E-state index < -0.39 is 15.8 Å². The van der Waals surface area contributed by atoms with Crippen molar-refractivity contribution in [3.63, 3.8) is 0 Å². The Morgan fingerprint density at radius 3 is 2.58 bits per heavy atom. The number of amides is 1. The van der Waals surface area contributed by atoms with E-state index in [0.29, 0.717) is 5.56 Å². The van der Waals surface area contributed by atoms with E-state index in [2.05, 4.69) is 4.72 Å². The van der Waals surface area contributed by atoms with Gasteiger partial charge >= 0.3 is 0 Å². The summed E-state index contributed by atoms with van der Waals surface area (Å²) in [7, 11) is -0.758. The normalized spacial score (nSPS) is 11.2. The van der Waals surface area contributed by atoms with Gasteiger partial charge in [0, 0.05) is 12.6 Å². The number of likely N-dealkylation sites (N-methyl/N-ethyl adjacent to an activating group) is 1. The van der Waals surface area contributed by atoms with Gasteiger partial charge in [0.05, 0.1) is 11.4 Å². The largest absolute Gasteiger partial charge is 0.489 e. The average molecular weight is 380 g/mol. The van der Waals surface area contributed by atoms with Gasteiger partial charge in [0.15, 0.2) is 11.6 Å². The Labute approximate surface area is 152 Å². The number of hydrogen-bond acceptors (Lipinski definition) is 4. The summed E-state index contributed by atoms with van der Waals surface area (Å²) in [5.41, 5.74) is 0.946. The third-order valence-electron chi connectivity index (χ3n) is 3.89. The molecule has 0 radical (unpaired) electrons. The van der Waals surface area contributed by atoms with Crippen molar-refractivity contribution >= 4 is 15.9 Å². The number of halogens is 1. The predicted octanol–water partition coefficient (Wildman–Crippen LogP) is 2.19. The SMILES string of the molecule is CNS(=O)(=O)c1ccc(C)c(C(=O)N(C)CCOc2ccccc2F)c1. The van der Waals surface area contributed by atoms with Crippen molar-refractivity contribution in [1.82, 2.24) is 9.62 Å². The quantitative estimate of drug-likeness (QED) is 0.799. The molecule has 0 aliphatic carbocycles. The predicted molar refractivity (Wildman–Crippen MR) is 96.3 cm³/mol. The number of para-hydroxylation sites is 1. The third kappa shape index (κ3) is 4.59. The van der Waals surface area contributed by atoms with Gasteiger partial charge in [-0.1, -0.05) is 18.2 Å². The van der Waals surface area contributed by atoms with Crippen molar-refractivity contribution in [1.29, 1.82) is 0 Å². The number of hydrogen-bond donors (Lipinski definition) is 1. The van der Waals surface area contributed by atoms with Crippen LogP contribution >= 0.6 is 0 Å². The molecule has 2 aromatic rings. The molecule has 2 rings (SSSR count). The Bertz CT molecular complexity index is 900. The third-order valence-corrected chi connectivity index (χ3v) is 5.30. The van der Waals surface area contributed by atoms with E-state index in [-0.39, 0.29) is 35.3 Å². The molecular formula is C18H21FN2O4S. The number of nitrogens with zero attached hydrogens (tertiary/aromatic N) is 1. The number of benzene rings is 2. The monoisotopic (exact) mass is 380 g/mol. The first-order chi connectivity index (χ1) is 12.3. The van der Waals surface area contributed by atoms with Crippen molar-refractivity contribution in [2.45, 2.75) is 11.8 Å². The lowest BCUT2D eigenvalue weighted by Gasteiger charge is -2.19. The molecule has 0 aliphatic rings. The Balaban J connectivity index is 2.08. The maximum Gasteiger partial charge on any atom is 0.254 e. The van der Waals surface area contributed by atoms with Gasteiger partial charge in [-0.2, -0.15) is 0 Å². The maximum absolute atomic E-state index is 13.5. The molecule has 0 aliphatic heterocycles. The number of rotatable bonds is 7. The van der Waals surface area contributed by atoms with E-state index in [1.165, 1.54) is 36.2 Å². The zero-order valence-electron chi connectivity index (χ0n) is 14.8. The van der Waals surface area contributed by atoms with Crippen LogP contribution in [0.4, 0.5) is 4.39 Å². The number of carbonyl (C=O) groups is 1. The lowest BCUT2D eigenvalue weighted by atomic mass is 10.1. The first-order valence-electron chi connectivity index (χ1n) is 7.93. The van der Waals surface area contributed by atoms with Crippen LogP contribution in [0.25, 0.3) is 0 Å². The Hall–Kier alpha value is -2.45. The summed E-state index contributed by atoms with van der Waals surface area (Å²) in [6, 6.07) is 10.4. The van der Waals surface area contributed by atoms with Crippen LogP contribution in [0.2, 0.25) is 0 Å². The summed E-state index contributed by atoms with van der Waals surface area (Å²) in [5.74, 6) is -0.693. The van der Waals surface area contributed by atoms with Gasteiger partial charge in [-0.25, -0.2) is 17.5 Å². The van der Waals surface area contributed by atoms with Crippen molar-refractivity contribution in [3.8, 4) is 5.75 Å². The molecule has 8 heteroatoms. The van der Waals surface area contributed by atoms with Crippen LogP contribution in [-0.2, 0) is 10.0 Å². The number of sulfonamides is 1. The minimum Gasteiger partial charge on any atom is -0.489 e. The first kappa shape index (κ1) is 19.9. The van der Waals surface area contributed by atoms with E-state index in [4.69, 9.17) is 4.74 Å². The Kier molecular flexibility index (Phi) is 6.33. The smallest absolute Gasteiger partial charge is 0.254 e. The second-order valence-electron chi connectivity index (χ2n) is 5.69. The lowest BCUT2D eigenvalue weighted by molar-refractivity contribution is 0.0772. The van der Waals surface area contributed by atoms with E-state index in [1.54, 1.807) is 32.2 Å². The van der Waals surface area contributed by atoms with Crippen LogP contribution in [0.3, 0.4) is 0 Å². The topological polar surface area (TPSA) is 75.7 Å². The molecule has 26 heavy (non-hydrogen) atoms. The molecular weight excluding hydrogens is 359 g/mol. The molecule has 2 aromatic carbocycles. The molecule has 140 valence electrons. The molecule has 6 nitrogen and oxygen atoms in total. The minimum atomic E-state index is -3.64. The molecule has 1 N–H and O–H groups in total. The average Bonchev–Trinajstić information content (AvgIpc) is 2.62. The van der Waals surface area contributed by atoms with Crippen LogP contribution < -0.4 is 9.46 Å². The van der Waals surface area contributed by atoms with Crippen LogP contribution in [0.15, 0.2) is 47.4 Å². The van der Waals surface area contributed by atoms with Crippen molar-refractivity contribution < 1.29 is 22.3 Å². The van der Waals surface area contributed by atoms with Gasteiger partial charge in [0.25, 0.3) is 5.91 Å². The Morgan fingerprint density at radius 1 is 1.23 bits per heavy atom. The molecule has 0 heterocycles. The lowest BCUT2D eigenvalue weighted by Crippen LogP contribution is -2.31. The van der Waals surface area contributed by atoms with Crippen LogP contribution in [-0.4, -0.2) is 46.5 Å². The van der Waals surface area contributed by atoms with E-state index in [1.807, 2.05) is 0 Å². The van der Waals surface area contributed by atoms with Crippen LogP contribution in [0, 0.1) is 12.7 Å². The van der Waals surface area contributed by atoms with Gasteiger partial charge in [0.2, 0.25) is 10.0 Å². The summed E-state index contributed by atoms with van der Waals surface area (Å²) in [4.78, 5) is 14.0. The van der Waals surface area contributed by atoms with E-state index >= 15 is 0 Å². The van der Waals surface area contributed by atoms with Crippen LogP contribution in [0.5, 0.6) is 5.75 Å². The molecule has 0 fully saturated rings. The number of aryl methyl sites for hydroxylation is 1. The fraction of sp³-hybridized carbons (Fsp3) is 0.278. The number of nitrogens with one attached hydrogen (secondary N) is 1. The molecule has 0 saturated carbocycles. The van der Waals surface area contributed by atoms with Crippen molar-refractivity contribution in [3.05, 3.63) is 59.4 Å². The summed E-state index contributed by atoms with van der Waals surface area (Å²) in [5, 5.41) is 0. The van der Waals surface area contributed by atoms with E-state index in [9.17, 15) is 17.6 Å². The summed E-state index contributed by atoms with van der Waals surface area (Å²) in [6.45, 7) is 2.05. The van der Waals surface area contributed by atoms with E-state index in [0.717, 1.165) is 0 Å². The summed E-state index contributed by atoms with van der Waals surface area (Å²) in [6.07, 6.45) is 0. The van der Waals surface area contributed by atoms with Crippen LogP contribution in [0.1, 0.15) is 15.9 Å². The fourth-order valence-corrected chi connectivity index (χ4v) is 3.03. The highest BCUT2D eigenvalue weighted by molar-refractivity contribution is 7.89. The van der Waals surface area contributed by atoms with Gasteiger partial charge in [-0.15, -0.1) is 0 Å². The highest BCUT2D eigenvalue weighted by Gasteiger charge is 2.19. The fourth-order valence-electron chi connectivity index (χ4n) is 2.28. The molecule has 0 aromatic heterocycles. The second kappa shape index (κ2) is 8.29. The Morgan fingerprint density at radius 2 is 1.92 bits per heavy atom. The molecule has 1 amide bonds. The zero-order chi connectivity index (χ0) is 19.3. The molecule has 0 saturated heterocycles. The zero-order valence-corrected chi connectivity index (χ0v) is 15.6. The van der Waals surface area contributed by atoms with Gasteiger partial charge in [0.1, 0.15) is 6.61 Å². The minimum absolute atomic E-state index is 0.0185. The molecule has 0 bridgehead atoms. The summed E-state index contributed by atoms with van der Waals surface area (Å²) >= 11 is 0. The number of carbonyl (C=O) groups excluding carboxylic acids is 1. The van der Waals surface area contributed by atoms with Gasteiger partial charge < -0.3 is 9.64 Å². The highest BCUT2D eigenvalue weighted by Crippen LogP contribution is 2.18. The van der Waals surface area contributed by atoms with Gasteiger partial charge in [-0.3, -0.25) is 4.79 Å². The second-order valence-corrected chi connectivity index (χ2v) is 7.58. The maximum atomic E-state index is 13.5. The molecule has 0 unspecified atom stereocenters. The number of ether oxygens (including phenoxy) is 1. The standard InChI is InChI=1S/C18H21FN2O4S/c1-13-8-9-14(26(23,24)20-2)12-15(13)18(22)21(3)10-11-25-17-7-5-4-6-16(17)19/h4-9,12,20H,10-11H2,1-3H3. The molecule has 0 atom stereocenters. The van der Waals surface area contributed by atoms with Crippen molar-refractivity contribution in [2.24, 2.45) is 0 Å². The van der Waals surface area contributed by atoms with Gasteiger partial charge in [-0.05, 0) is 43.8 Å². The molecule has 0 spiro atoms. The summed E-state index contributed by atoms with van der Waals surface area (Å²) < 4.78 is 44.9. The van der Waals surface area contributed by atoms with Crippen molar-refractivity contribution in [2.75, 3.05) is 27.2 Å². The highest BCUT2D eigenvalue weighted by atomic mass is 32.2. The first-order valence-corrected chi connectivity index (χ1v) is 9.41.